The van der Waals surface area contributed by atoms with Crippen LogP contribution in [0.4, 0.5) is 5.69 Å². The first-order valence-corrected chi connectivity index (χ1v) is 10.7. The lowest BCUT2D eigenvalue weighted by atomic mass is 10.0. The number of hydrogen-bond donors (Lipinski definition) is 1. The molecule has 6 nitrogen and oxygen atoms in total. The molecule has 3 heterocycles. The zero-order chi connectivity index (χ0) is 23.2. The van der Waals surface area contributed by atoms with E-state index in [0.29, 0.717) is 5.69 Å². The van der Waals surface area contributed by atoms with Gasteiger partial charge in [-0.3, -0.25) is 19.8 Å². The molecule has 0 bridgehead atoms. The van der Waals surface area contributed by atoms with Crippen LogP contribution in [0.5, 0.6) is 0 Å². The molecule has 0 aliphatic carbocycles. The van der Waals surface area contributed by atoms with Crippen molar-refractivity contribution in [3.05, 3.63) is 81.8 Å². The van der Waals surface area contributed by atoms with Gasteiger partial charge in [-0.2, -0.15) is 0 Å². The van der Waals surface area contributed by atoms with Crippen LogP contribution >= 0.6 is 12.2 Å². The summed E-state index contributed by atoms with van der Waals surface area (Å²) < 4.78 is 2.01. The average Bonchev–Trinajstić information content (AvgIpc) is 3.01. The second-order valence-electron chi connectivity index (χ2n) is 8.03. The normalized spacial score (nSPS) is 15.5. The number of anilines is 1. The second-order valence-corrected chi connectivity index (χ2v) is 8.42. The molecule has 2 amide bonds. The minimum absolute atomic E-state index is 0.0388. The molecular formula is C25H24N4O2S. The number of rotatable bonds is 3. The Morgan fingerprint density at radius 1 is 1.03 bits per heavy atom. The van der Waals surface area contributed by atoms with E-state index in [2.05, 4.69) is 10.3 Å². The number of aryl methyl sites for hydroxylation is 3. The predicted molar refractivity (Wildman–Crippen MR) is 130 cm³/mol. The van der Waals surface area contributed by atoms with E-state index in [-0.39, 0.29) is 10.7 Å². The molecule has 162 valence electrons. The Labute approximate surface area is 192 Å². The van der Waals surface area contributed by atoms with Crippen LogP contribution in [0.2, 0.25) is 0 Å². The Hall–Kier alpha value is -3.58. The third kappa shape index (κ3) is 3.65. The van der Waals surface area contributed by atoms with E-state index in [1.165, 1.54) is 4.90 Å². The number of pyridine rings is 1. The predicted octanol–water partition coefficient (Wildman–Crippen LogP) is 4.25. The monoisotopic (exact) mass is 444 g/mol. The van der Waals surface area contributed by atoms with Crippen molar-refractivity contribution in [1.29, 1.82) is 0 Å². The van der Waals surface area contributed by atoms with Crippen LogP contribution in [0, 0.1) is 34.6 Å². The summed E-state index contributed by atoms with van der Waals surface area (Å²) in [5, 5.41) is 2.75. The quantitative estimate of drug-likeness (QED) is 0.373. The highest BCUT2D eigenvalue weighted by atomic mass is 32.1. The van der Waals surface area contributed by atoms with E-state index in [1.807, 2.05) is 75.6 Å². The van der Waals surface area contributed by atoms with Gasteiger partial charge in [0, 0.05) is 17.6 Å². The summed E-state index contributed by atoms with van der Waals surface area (Å²) >= 11 is 5.34. The Morgan fingerprint density at radius 3 is 2.50 bits per heavy atom. The van der Waals surface area contributed by atoms with E-state index in [0.717, 1.165) is 39.5 Å². The standard InChI is InChI=1S/C25H24N4O2S/c1-14-9-10-26-22(11-14)28-16(3)12-19(18(28)5)13-20-23(30)27-25(32)29(24(20)31)21-8-6-7-15(2)17(21)4/h6-13H,1-5H3,(H,27,30,32)/b20-13+. The molecule has 3 aromatic rings. The molecule has 0 unspecified atom stereocenters. The van der Waals surface area contributed by atoms with Crippen LogP contribution < -0.4 is 10.2 Å². The number of nitrogens with one attached hydrogen (secondary N) is 1. The van der Waals surface area contributed by atoms with E-state index in [1.54, 1.807) is 12.3 Å². The van der Waals surface area contributed by atoms with Gasteiger partial charge in [-0.15, -0.1) is 0 Å². The van der Waals surface area contributed by atoms with E-state index >= 15 is 0 Å². The summed E-state index contributed by atoms with van der Waals surface area (Å²) in [6.07, 6.45) is 3.40. The number of carbonyl (C=O) groups is 2. The summed E-state index contributed by atoms with van der Waals surface area (Å²) in [4.78, 5) is 32.0. The topological polar surface area (TPSA) is 67.2 Å². The first kappa shape index (κ1) is 21.6. The van der Waals surface area contributed by atoms with Gasteiger partial charge in [0.2, 0.25) is 0 Å². The smallest absolute Gasteiger partial charge is 0.270 e. The van der Waals surface area contributed by atoms with Crippen molar-refractivity contribution in [2.45, 2.75) is 34.6 Å². The molecule has 0 atom stereocenters. The Kier molecular flexibility index (Phi) is 5.52. The molecular weight excluding hydrogens is 420 g/mol. The Bertz CT molecular complexity index is 1320. The fourth-order valence-corrected chi connectivity index (χ4v) is 4.21. The van der Waals surface area contributed by atoms with Crippen LogP contribution in [0.25, 0.3) is 11.9 Å². The Balaban J connectivity index is 1.79. The average molecular weight is 445 g/mol. The van der Waals surface area contributed by atoms with Crippen molar-refractivity contribution >= 4 is 40.9 Å². The SMILES string of the molecule is Cc1ccnc(-n2c(C)cc(/C=C3\C(=O)NC(=S)N(c4cccc(C)c4C)C3=O)c2C)c1. The van der Waals surface area contributed by atoms with E-state index in [9.17, 15) is 9.59 Å². The highest BCUT2D eigenvalue weighted by molar-refractivity contribution is 7.80. The van der Waals surface area contributed by atoms with Gasteiger partial charge in [0.25, 0.3) is 11.8 Å². The summed E-state index contributed by atoms with van der Waals surface area (Å²) in [6, 6.07) is 11.6. The van der Waals surface area contributed by atoms with Gasteiger partial charge in [-0.25, -0.2) is 4.98 Å². The minimum Gasteiger partial charge on any atom is -0.303 e. The fourth-order valence-electron chi connectivity index (χ4n) is 3.94. The molecule has 1 aliphatic rings. The lowest BCUT2D eigenvalue weighted by Crippen LogP contribution is -2.54. The zero-order valence-electron chi connectivity index (χ0n) is 18.7. The molecule has 1 fully saturated rings. The highest BCUT2D eigenvalue weighted by Crippen LogP contribution is 2.28. The first-order valence-electron chi connectivity index (χ1n) is 10.3. The lowest BCUT2D eigenvalue weighted by Gasteiger charge is -2.30. The van der Waals surface area contributed by atoms with Crippen molar-refractivity contribution in [2.24, 2.45) is 0 Å². The van der Waals surface area contributed by atoms with Gasteiger partial charge < -0.3 is 4.57 Å². The lowest BCUT2D eigenvalue weighted by molar-refractivity contribution is -0.122. The first-order chi connectivity index (χ1) is 15.2. The van der Waals surface area contributed by atoms with Crippen LogP contribution in [-0.4, -0.2) is 26.5 Å². The summed E-state index contributed by atoms with van der Waals surface area (Å²) in [5.41, 5.74) is 6.40. The van der Waals surface area contributed by atoms with Crippen LogP contribution in [0.15, 0.2) is 48.2 Å². The van der Waals surface area contributed by atoms with Gasteiger partial charge >= 0.3 is 0 Å². The zero-order valence-corrected chi connectivity index (χ0v) is 19.5. The van der Waals surface area contributed by atoms with Gasteiger partial charge in [0.1, 0.15) is 11.4 Å². The van der Waals surface area contributed by atoms with Crippen molar-refractivity contribution < 1.29 is 9.59 Å². The van der Waals surface area contributed by atoms with Crippen molar-refractivity contribution in [2.75, 3.05) is 4.90 Å². The maximum absolute atomic E-state index is 13.4. The maximum Gasteiger partial charge on any atom is 0.270 e. The van der Waals surface area contributed by atoms with E-state index < -0.39 is 11.8 Å². The largest absolute Gasteiger partial charge is 0.303 e. The number of amides is 2. The number of hydrogen-bond acceptors (Lipinski definition) is 4. The number of aromatic nitrogens is 2. The molecule has 1 saturated heterocycles. The molecule has 7 heteroatoms. The second kappa shape index (κ2) is 8.16. The fraction of sp³-hybridized carbons (Fsp3) is 0.200. The van der Waals surface area contributed by atoms with Crippen LogP contribution in [-0.2, 0) is 9.59 Å². The number of nitrogens with zero attached hydrogens (tertiary/aromatic N) is 3. The molecule has 2 aromatic heterocycles. The van der Waals surface area contributed by atoms with Gasteiger partial charge in [0.05, 0.1) is 5.69 Å². The van der Waals surface area contributed by atoms with E-state index in [4.69, 9.17) is 12.2 Å². The molecule has 1 N–H and O–H groups in total. The summed E-state index contributed by atoms with van der Waals surface area (Å²) in [5.74, 6) is -0.145. The van der Waals surface area contributed by atoms with Gasteiger partial charge in [-0.05, 0) is 99.4 Å². The molecule has 0 radical (unpaired) electrons. The summed E-state index contributed by atoms with van der Waals surface area (Å²) in [6.45, 7) is 9.84. The third-order valence-corrected chi connectivity index (χ3v) is 6.10. The van der Waals surface area contributed by atoms with Gasteiger partial charge in [0.15, 0.2) is 5.11 Å². The summed E-state index contributed by atoms with van der Waals surface area (Å²) in [7, 11) is 0. The minimum atomic E-state index is -0.500. The highest BCUT2D eigenvalue weighted by Gasteiger charge is 2.35. The van der Waals surface area contributed by atoms with Crippen LogP contribution in [0.1, 0.15) is 33.6 Å². The molecule has 0 spiro atoms. The molecule has 1 aromatic carbocycles. The third-order valence-electron chi connectivity index (χ3n) is 5.82. The van der Waals surface area contributed by atoms with Crippen molar-refractivity contribution in [3.8, 4) is 5.82 Å². The van der Waals surface area contributed by atoms with Crippen LogP contribution in [0.3, 0.4) is 0 Å². The van der Waals surface area contributed by atoms with Crippen molar-refractivity contribution in [1.82, 2.24) is 14.9 Å². The molecule has 1 aliphatic heterocycles. The number of thiocarbonyl (C=S) groups is 1. The van der Waals surface area contributed by atoms with Gasteiger partial charge in [-0.1, -0.05) is 12.1 Å². The molecule has 32 heavy (non-hydrogen) atoms. The number of benzene rings is 1. The maximum atomic E-state index is 13.4. The van der Waals surface area contributed by atoms with Crippen molar-refractivity contribution in [3.63, 3.8) is 0 Å². The molecule has 4 rings (SSSR count). The molecule has 0 saturated carbocycles. The number of carbonyl (C=O) groups excluding carboxylic acids is 2. The Morgan fingerprint density at radius 2 is 1.78 bits per heavy atom.